The molecule has 10 fully saturated rings. The zero-order valence-electron chi connectivity index (χ0n) is 34.0. The maximum absolute atomic E-state index is 12.7. The SMILES string of the molecule is C[C@H]1[C@@H](C[C@H](O[P+](O)(Oc2ccccc2)Oc2ccccc2)C2O[C@@H]3O[C@]4(C)CC[C@H]5[C@H](C)CC[C@@H]([C@H]2C)[C@@]35OO4)O[C@@H]2O[C@]3(C)CC[C@H]4[C@H](C)CC[C@@H]1[C@@]24OO3. The van der Waals surface area contributed by atoms with Crippen LogP contribution < -0.4 is 9.05 Å². The predicted molar refractivity (Wildman–Crippen MR) is 206 cm³/mol. The number of rotatable bonds is 9. The molecule has 2 aromatic carbocycles. The first kappa shape index (κ1) is 39.2. The van der Waals surface area contributed by atoms with Crippen LogP contribution in [0.5, 0.6) is 11.5 Å². The van der Waals surface area contributed by atoms with Crippen molar-refractivity contribution in [2.75, 3.05) is 0 Å². The summed E-state index contributed by atoms with van der Waals surface area (Å²) in [5, 5.41) is 0. The van der Waals surface area contributed by atoms with E-state index in [-0.39, 0.29) is 41.6 Å². The lowest BCUT2D eigenvalue weighted by atomic mass is 9.56. The molecule has 12 rings (SSSR count). The highest BCUT2D eigenvalue weighted by Crippen LogP contribution is 2.65. The minimum Gasteiger partial charge on any atom is -0.346 e. The Kier molecular flexibility index (Phi) is 9.86. The van der Waals surface area contributed by atoms with Gasteiger partial charge >= 0.3 is 8.17 Å². The van der Waals surface area contributed by atoms with Gasteiger partial charge in [0.05, 0.1) is 12.2 Å². The van der Waals surface area contributed by atoms with Crippen molar-refractivity contribution in [1.82, 2.24) is 0 Å². The molecule has 1 unspecified atom stereocenters. The Morgan fingerprint density at radius 1 is 0.632 bits per heavy atom. The van der Waals surface area contributed by atoms with Crippen molar-refractivity contribution < 1.29 is 57.0 Å². The Balaban J connectivity index is 1.03. The second kappa shape index (κ2) is 14.3. The van der Waals surface area contributed by atoms with Gasteiger partial charge in [-0.05, 0) is 112 Å². The highest BCUT2D eigenvalue weighted by atomic mass is 31.2. The normalized spacial score (nSPS) is 47.8. The summed E-state index contributed by atoms with van der Waals surface area (Å²) < 4.78 is 47.8. The topological polar surface area (TPSA) is 122 Å². The summed E-state index contributed by atoms with van der Waals surface area (Å²) >= 11 is 0. The summed E-state index contributed by atoms with van der Waals surface area (Å²) in [5.74, 6) is 0.369. The van der Waals surface area contributed by atoms with E-state index >= 15 is 0 Å². The monoisotopic (exact) mass is 811 g/mol. The molecule has 13 heteroatoms. The van der Waals surface area contributed by atoms with Gasteiger partial charge in [-0.15, -0.1) is 4.52 Å². The maximum Gasteiger partial charge on any atom is 0.666 e. The largest absolute Gasteiger partial charge is 0.666 e. The van der Waals surface area contributed by atoms with E-state index in [9.17, 15) is 4.89 Å². The quantitative estimate of drug-likeness (QED) is 0.192. The van der Waals surface area contributed by atoms with Gasteiger partial charge in [-0.2, -0.15) is 4.89 Å². The molecular formula is C44H60O12P+. The van der Waals surface area contributed by atoms with Gasteiger partial charge in [-0.1, -0.05) is 64.1 Å². The fourth-order valence-corrected chi connectivity index (χ4v) is 14.0. The third kappa shape index (κ3) is 6.42. The molecular weight excluding hydrogens is 751 g/mol. The van der Waals surface area contributed by atoms with E-state index < -0.39 is 55.7 Å². The van der Waals surface area contributed by atoms with Crippen LogP contribution in [0.3, 0.4) is 0 Å². The van der Waals surface area contributed by atoms with Gasteiger partial charge in [0.2, 0.25) is 11.6 Å². The summed E-state index contributed by atoms with van der Waals surface area (Å²) in [6.45, 7) is 13.0. The molecule has 0 amide bonds. The van der Waals surface area contributed by atoms with E-state index in [0.29, 0.717) is 36.2 Å². The van der Waals surface area contributed by atoms with Crippen LogP contribution in [0, 0.1) is 47.3 Å². The van der Waals surface area contributed by atoms with Crippen LogP contribution in [0.4, 0.5) is 0 Å². The Morgan fingerprint density at radius 2 is 1.12 bits per heavy atom. The van der Waals surface area contributed by atoms with Crippen LogP contribution in [-0.4, -0.2) is 58.6 Å². The molecule has 1 N–H and O–H groups in total. The average molecular weight is 812 g/mol. The number of hydrogen-bond acceptors (Lipinski definition) is 12. The van der Waals surface area contributed by atoms with Crippen molar-refractivity contribution in [2.45, 2.75) is 153 Å². The van der Waals surface area contributed by atoms with Crippen LogP contribution >= 0.6 is 8.17 Å². The van der Waals surface area contributed by atoms with Crippen molar-refractivity contribution in [3.8, 4) is 11.5 Å². The molecule has 2 spiro atoms. The first-order valence-electron chi connectivity index (χ1n) is 21.5. The van der Waals surface area contributed by atoms with E-state index in [0.717, 1.165) is 44.9 Å². The lowest BCUT2D eigenvalue weighted by Gasteiger charge is -2.62. The highest BCUT2D eigenvalue weighted by molar-refractivity contribution is 7.56. The Morgan fingerprint density at radius 3 is 1.65 bits per heavy atom. The lowest BCUT2D eigenvalue weighted by Crippen LogP contribution is -2.72. The Bertz CT molecular complexity index is 1720. The van der Waals surface area contributed by atoms with Gasteiger partial charge in [-0.25, -0.2) is 19.6 Å². The number of benzene rings is 2. The molecule has 2 aromatic rings. The molecule has 8 saturated heterocycles. The molecule has 17 atom stereocenters. The molecule has 12 nitrogen and oxygen atoms in total. The van der Waals surface area contributed by atoms with Crippen LogP contribution in [0.15, 0.2) is 60.7 Å². The van der Waals surface area contributed by atoms with Crippen molar-refractivity contribution in [3.05, 3.63) is 60.7 Å². The summed E-state index contributed by atoms with van der Waals surface area (Å²) in [5.41, 5.74) is -1.48. The fraction of sp³-hybridized carbons (Fsp3) is 0.727. The molecule has 312 valence electrons. The fourth-order valence-electron chi connectivity index (χ4n) is 12.5. The van der Waals surface area contributed by atoms with Crippen molar-refractivity contribution in [3.63, 3.8) is 0 Å². The second-order valence-electron chi connectivity index (χ2n) is 19.0. The molecule has 10 aliphatic rings. The summed E-state index contributed by atoms with van der Waals surface area (Å²) in [7, 11) is -4.16. The average Bonchev–Trinajstić information content (AvgIpc) is 3.57. The molecule has 57 heavy (non-hydrogen) atoms. The van der Waals surface area contributed by atoms with Crippen LogP contribution in [0.1, 0.15) is 99.3 Å². The van der Waals surface area contributed by atoms with Gasteiger partial charge in [0.25, 0.3) is 0 Å². The molecule has 0 aromatic heterocycles. The van der Waals surface area contributed by atoms with Crippen LogP contribution in [0.25, 0.3) is 0 Å². The van der Waals surface area contributed by atoms with Gasteiger partial charge in [0, 0.05) is 31.1 Å². The van der Waals surface area contributed by atoms with E-state index in [2.05, 4.69) is 27.7 Å². The predicted octanol–water partition coefficient (Wildman–Crippen LogP) is 9.09. The first-order chi connectivity index (χ1) is 27.3. The maximum atomic E-state index is 12.7. The zero-order valence-corrected chi connectivity index (χ0v) is 34.9. The lowest BCUT2D eigenvalue weighted by molar-refractivity contribution is -0.573. The number of para-hydroxylation sites is 2. The van der Waals surface area contributed by atoms with Crippen molar-refractivity contribution >= 4 is 8.17 Å². The molecule has 2 aliphatic carbocycles. The summed E-state index contributed by atoms with van der Waals surface area (Å²) in [4.78, 5) is 38.0. The third-order valence-corrected chi connectivity index (χ3v) is 17.0. The third-order valence-electron chi connectivity index (χ3n) is 15.5. The standard InChI is InChI=1S/C44H60O12P/c1-26-17-19-34-28(3)36(46-39-43(34)32(26)21-23-41(5,48-39)53-55-43)25-37(52-57(45,50-30-13-9-7-10-14-30)51-31-15-11-8-12-16-31)38-29(4)35-20-18-27(2)33-22-24-42(6)49-40(47-38)44(33,35)56-54-42/h7-16,26-29,32-40,45H,17-25H2,1-6H3/q+1/t26-,27-,28-,29-,32+,33+,34+,35+,36-,37+,38?,39-,40-,41+,42+,43-,44-/m1/s1. The Hall–Kier alpha value is -1.93. The molecule has 4 bridgehead atoms. The first-order valence-corrected chi connectivity index (χ1v) is 23.0. The molecule has 2 saturated carbocycles. The van der Waals surface area contributed by atoms with Gasteiger partial charge in [0.1, 0.15) is 6.10 Å². The van der Waals surface area contributed by atoms with Crippen LogP contribution in [0.2, 0.25) is 0 Å². The van der Waals surface area contributed by atoms with Gasteiger partial charge in [0.15, 0.2) is 35.3 Å². The second-order valence-corrected chi connectivity index (χ2v) is 20.5. The van der Waals surface area contributed by atoms with Crippen molar-refractivity contribution in [1.29, 1.82) is 0 Å². The number of hydrogen-bond donors (Lipinski definition) is 1. The Labute approximate surface area is 336 Å². The van der Waals surface area contributed by atoms with E-state index in [1.165, 1.54) is 0 Å². The minimum absolute atomic E-state index is 0.0273. The summed E-state index contributed by atoms with van der Waals surface area (Å²) in [6.07, 6.45) is 4.67. The molecule has 8 heterocycles. The summed E-state index contributed by atoms with van der Waals surface area (Å²) in [6, 6.07) is 18.3. The van der Waals surface area contributed by atoms with Gasteiger partial charge in [-0.3, -0.25) is 9.05 Å². The molecule has 8 aliphatic heterocycles. The number of ether oxygens (including phenoxy) is 4. The van der Waals surface area contributed by atoms with Crippen molar-refractivity contribution in [2.24, 2.45) is 47.3 Å². The van der Waals surface area contributed by atoms with E-state index in [4.69, 9.17) is 52.1 Å². The van der Waals surface area contributed by atoms with Gasteiger partial charge < -0.3 is 18.9 Å². The zero-order chi connectivity index (χ0) is 39.4. The van der Waals surface area contributed by atoms with E-state index in [1.54, 1.807) is 24.3 Å². The highest BCUT2D eigenvalue weighted by Gasteiger charge is 2.72. The minimum atomic E-state index is -4.16. The molecule has 0 radical (unpaired) electrons. The van der Waals surface area contributed by atoms with E-state index in [1.807, 2.05) is 50.2 Å². The number of fused-ring (bicyclic) bond motifs is 4. The smallest absolute Gasteiger partial charge is 0.346 e. The van der Waals surface area contributed by atoms with Crippen LogP contribution in [-0.2, 0) is 43.0 Å².